The predicted octanol–water partition coefficient (Wildman–Crippen LogP) is 2.03. The highest BCUT2D eigenvalue weighted by Gasteiger charge is 2.20. The number of aliphatic hydroxyl groups excluding tert-OH is 1. The van der Waals surface area contributed by atoms with Crippen molar-refractivity contribution in [2.24, 2.45) is 0 Å². The summed E-state index contributed by atoms with van der Waals surface area (Å²) in [5, 5.41) is 10.1. The first kappa shape index (κ1) is 18.6. The van der Waals surface area contributed by atoms with E-state index in [1.54, 1.807) is 0 Å². The number of hydrogen-bond acceptors (Lipinski definition) is 4. The van der Waals surface area contributed by atoms with E-state index < -0.39 is 16.1 Å². The van der Waals surface area contributed by atoms with Gasteiger partial charge in [-0.2, -0.15) is 4.31 Å². The summed E-state index contributed by atoms with van der Waals surface area (Å²) in [6.45, 7) is 0.698. The smallest absolute Gasteiger partial charge is 0.211 e. The Balaban J connectivity index is 1.87. The van der Waals surface area contributed by atoms with Gasteiger partial charge in [0.2, 0.25) is 10.0 Å². The number of sulfonamides is 1. The number of hydrogen-bond donors (Lipinski definition) is 1. The second-order valence-corrected chi connectivity index (χ2v) is 7.68. The number of aliphatic hydroxyl groups is 1. The average Bonchev–Trinajstić information content (AvgIpc) is 2.55. The molecule has 0 aliphatic rings. The fraction of sp³-hybridized carbons (Fsp3) is 0.333. The van der Waals surface area contributed by atoms with Gasteiger partial charge >= 0.3 is 0 Å². The molecule has 0 heterocycles. The van der Waals surface area contributed by atoms with Gasteiger partial charge in [-0.3, -0.25) is 0 Å². The van der Waals surface area contributed by atoms with Gasteiger partial charge in [-0.05, 0) is 11.1 Å². The summed E-state index contributed by atoms with van der Waals surface area (Å²) in [4.78, 5) is 0. The third-order valence-electron chi connectivity index (χ3n) is 3.51. The molecule has 0 saturated carbocycles. The van der Waals surface area contributed by atoms with Crippen LogP contribution in [0.1, 0.15) is 11.1 Å². The minimum atomic E-state index is -3.42. The van der Waals surface area contributed by atoms with Crippen LogP contribution in [-0.2, 0) is 27.9 Å². The molecular formula is C18H23NO4S. The van der Waals surface area contributed by atoms with Crippen molar-refractivity contribution >= 4 is 10.0 Å². The highest BCUT2D eigenvalue weighted by molar-refractivity contribution is 7.88. The van der Waals surface area contributed by atoms with E-state index in [9.17, 15) is 13.5 Å². The third kappa shape index (κ3) is 6.41. The van der Waals surface area contributed by atoms with Crippen molar-refractivity contribution in [3.63, 3.8) is 0 Å². The van der Waals surface area contributed by atoms with Gasteiger partial charge in [0, 0.05) is 13.1 Å². The van der Waals surface area contributed by atoms with Crippen LogP contribution in [0.4, 0.5) is 0 Å². The topological polar surface area (TPSA) is 66.8 Å². The zero-order valence-corrected chi connectivity index (χ0v) is 14.5. The van der Waals surface area contributed by atoms with Gasteiger partial charge in [0.15, 0.2) is 0 Å². The molecule has 130 valence electrons. The van der Waals surface area contributed by atoms with E-state index in [-0.39, 0.29) is 19.7 Å². The molecule has 1 unspecified atom stereocenters. The lowest BCUT2D eigenvalue weighted by atomic mass is 10.2. The fourth-order valence-corrected chi connectivity index (χ4v) is 3.11. The molecular weight excluding hydrogens is 326 g/mol. The first-order valence-electron chi connectivity index (χ1n) is 7.74. The third-order valence-corrected chi connectivity index (χ3v) is 4.72. The van der Waals surface area contributed by atoms with Gasteiger partial charge in [0.25, 0.3) is 0 Å². The quantitative estimate of drug-likeness (QED) is 0.752. The maximum atomic E-state index is 11.9. The van der Waals surface area contributed by atoms with E-state index in [0.717, 1.165) is 17.4 Å². The van der Waals surface area contributed by atoms with Crippen LogP contribution in [0.3, 0.4) is 0 Å². The summed E-state index contributed by atoms with van der Waals surface area (Å²) in [7, 11) is -3.42. The Bertz CT molecular complexity index is 704. The van der Waals surface area contributed by atoms with E-state index >= 15 is 0 Å². The van der Waals surface area contributed by atoms with Crippen LogP contribution in [0.25, 0.3) is 0 Å². The second kappa shape index (κ2) is 8.94. The maximum absolute atomic E-state index is 11.9. The maximum Gasteiger partial charge on any atom is 0.211 e. The van der Waals surface area contributed by atoms with Crippen LogP contribution in [0, 0.1) is 0 Å². The van der Waals surface area contributed by atoms with Gasteiger partial charge in [0.1, 0.15) is 0 Å². The summed E-state index contributed by atoms with van der Waals surface area (Å²) in [6.07, 6.45) is 0.264. The second-order valence-electron chi connectivity index (χ2n) is 5.70. The molecule has 2 rings (SSSR count). The van der Waals surface area contributed by atoms with Gasteiger partial charge < -0.3 is 9.84 Å². The molecule has 0 bridgehead atoms. The van der Waals surface area contributed by atoms with Gasteiger partial charge in [-0.15, -0.1) is 0 Å². The molecule has 0 radical (unpaired) electrons. The minimum Gasteiger partial charge on any atom is -0.389 e. The zero-order valence-electron chi connectivity index (χ0n) is 13.7. The predicted molar refractivity (Wildman–Crippen MR) is 93.8 cm³/mol. The summed E-state index contributed by atoms with van der Waals surface area (Å²) in [5.41, 5.74) is 1.88. The lowest BCUT2D eigenvalue weighted by Gasteiger charge is -2.23. The molecule has 2 aromatic rings. The van der Waals surface area contributed by atoms with Gasteiger partial charge in [0.05, 0.1) is 25.6 Å². The lowest BCUT2D eigenvalue weighted by Crippen LogP contribution is -2.38. The minimum absolute atomic E-state index is 0.00250. The molecule has 0 fully saturated rings. The van der Waals surface area contributed by atoms with E-state index in [2.05, 4.69) is 0 Å². The molecule has 0 spiro atoms. The molecule has 0 amide bonds. The van der Waals surface area contributed by atoms with Crippen molar-refractivity contribution in [2.45, 2.75) is 19.3 Å². The SMILES string of the molecule is CS(=O)(=O)N(Cc1ccccc1)CC(O)COCc1ccccc1. The first-order chi connectivity index (χ1) is 11.4. The summed E-state index contributed by atoms with van der Waals surface area (Å²) < 4.78 is 30.6. The lowest BCUT2D eigenvalue weighted by molar-refractivity contribution is 0.0197. The Kier molecular flexibility index (Phi) is 6.93. The van der Waals surface area contributed by atoms with Gasteiger partial charge in [-0.25, -0.2) is 8.42 Å². The Morgan fingerprint density at radius 3 is 2.08 bits per heavy atom. The van der Waals surface area contributed by atoms with E-state index in [0.29, 0.717) is 6.61 Å². The number of nitrogens with zero attached hydrogens (tertiary/aromatic N) is 1. The summed E-state index contributed by atoms with van der Waals surface area (Å²) in [6, 6.07) is 18.9. The van der Waals surface area contributed by atoms with Crippen LogP contribution in [0.2, 0.25) is 0 Å². The largest absolute Gasteiger partial charge is 0.389 e. The number of benzene rings is 2. The first-order valence-corrected chi connectivity index (χ1v) is 9.59. The monoisotopic (exact) mass is 349 g/mol. The van der Waals surface area contributed by atoms with E-state index in [1.807, 2.05) is 60.7 Å². The molecule has 0 saturated heterocycles. The molecule has 2 aromatic carbocycles. The highest BCUT2D eigenvalue weighted by atomic mass is 32.2. The number of ether oxygens (including phenoxy) is 1. The molecule has 0 aromatic heterocycles. The molecule has 0 aliphatic heterocycles. The normalized spacial score (nSPS) is 13.1. The van der Waals surface area contributed by atoms with Crippen LogP contribution < -0.4 is 0 Å². The van der Waals surface area contributed by atoms with Crippen LogP contribution in [-0.4, -0.2) is 43.3 Å². The Morgan fingerprint density at radius 1 is 1.00 bits per heavy atom. The van der Waals surface area contributed by atoms with Crippen molar-refractivity contribution in [1.29, 1.82) is 0 Å². The standard InChI is InChI=1S/C18H23NO4S/c1-24(21,22)19(12-16-8-4-2-5-9-16)13-18(20)15-23-14-17-10-6-3-7-11-17/h2-11,18,20H,12-15H2,1H3. The molecule has 1 atom stereocenters. The van der Waals surface area contributed by atoms with Gasteiger partial charge in [-0.1, -0.05) is 60.7 Å². The zero-order chi connectivity index (χ0) is 17.4. The summed E-state index contributed by atoms with van der Waals surface area (Å²) in [5.74, 6) is 0. The molecule has 24 heavy (non-hydrogen) atoms. The van der Waals surface area contributed by atoms with Crippen LogP contribution in [0.15, 0.2) is 60.7 Å². The van der Waals surface area contributed by atoms with Crippen molar-refractivity contribution in [1.82, 2.24) is 4.31 Å². The van der Waals surface area contributed by atoms with Crippen LogP contribution >= 0.6 is 0 Å². The highest BCUT2D eigenvalue weighted by Crippen LogP contribution is 2.10. The van der Waals surface area contributed by atoms with Crippen molar-refractivity contribution in [3.05, 3.63) is 71.8 Å². The van der Waals surface area contributed by atoms with Crippen molar-refractivity contribution in [3.8, 4) is 0 Å². The summed E-state index contributed by atoms with van der Waals surface area (Å²) >= 11 is 0. The number of rotatable bonds is 9. The molecule has 6 heteroatoms. The Morgan fingerprint density at radius 2 is 1.54 bits per heavy atom. The van der Waals surface area contributed by atoms with Crippen molar-refractivity contribution in [2.75, 3.05) is 19.4 Å². The Hall–Kier alpha value is -1.73. The van der Waals surface area contributed by atoms with Crippen LogP contribution in [0.5, 0.6) is 0 Å². The van der Waals surface area contributed by atoms with Crippen molar-refractivity contribution < 1.29 is 18.3 Å². The fourth-order valence-electron chi connectivity index (χ4n) is 2.28. The molecule has 5 nitrogen and oxygen atoms in total. The molecule has 1 N–H and O–H groups in total. The average molecular weight is 349 g/mol. The molecule has 0 aliphatic carbocycles. The Labute approximate surface area is 143 Å². The van der Waals surface area contributed by atoms with E-state index in [1.165, 1.54) is 4.31 Å². The van der Waals surface area contributed by atoms with E-state index in [4.69, 9.17) is 4.74 Å².